The fourth-order valence-electron chi connectivity index (χ4n) is 3.04. The second-order valence-electron chi connectivity index (χ2n) is 6.11. The van der Waals surface area contributed by atoms with E-state index in [4.69, 9.17) is 4.74 Å². The van der Waals surface area contributed by atoms with Crippen LogP contribution in [0.25, 0.3) is 20.4 Å². The Hall–Kier alpha value is -2.35. The van der Waals surface area contributed by atoms with Crippen LogP contribution >= 0.6 is 22.7 Å². The highest BCUT2D eigenvalue weighted by molar-refractivity contribution is 7.17. The Bertz CT molecular complexity index is 1190. The fourth-order valence-corrected chi connectivity index (χ4v) is 4.89. The van der Waals surface area contributed by atoms with Gasteiger partial charge in [-0.2, -0.15) is 4.99 Å². The van der Waals surface area contributed by atoms with Crippen LogP contribution in [0.4, 0.5) is 0 Å². The van der Waals surface area contributed by atoms with Crippen LogP contribution in [0, 0.1) is 6.92 Å². The molecule has 2 heterocycles. The first-order chi connectivity index (χ1) is 13.2. The smallest absolute Gasteiger partial charge is 0.279 e. The molecule has 2 aromatic carbocycles. The summed E-state index contributed by atoms with van der Waals surface area (Å²) in [5.41, 5.74) is 5.55. The summed E-state index contributed by atoms with van der Waals surface area (Å²) in [6.45, 7) is 5.98. The van der Waals surface area contributed by atoms with Gasteiger partial charge in [0.2, 0.25) is 0 Å². The van der Waals surface area contributed by atoms with Gasteiger partial charge < -0.3 is 9.30 Å². The molecule has 0 spiro atoms. The third-order valence-electron chi connectivity index (χ3n) is 4.34. The van der Waals surface area contributed by atoms with Crippen LogP contribution < -0.4 is 4.80 Å². The van der Waals surface area contributed by atoms with Gasteiger partial charge in [-0.15, -0.1) is 11.3 Å². The van der Waals surface area contributed by atoms with Gasteiger partial charge in [0.1, 0.15) is 0 Å². The number of carbonyl (C=O) groups is 1. The summed E-state index contributed by atoms with van der Waals surface area (Å²) in [6, 6.07) is 11.7. The highest BCUT2D eigenvalue weighted by atomic mass is 32.1. The van der Waals surface area contributed by atoms with E-state index in [2.05, 4.69) is 33.6 Å². The molecule has 4 aromatic rings. The van der Waals surface area contributed by atoms with Crippen molar-refractivity contribution >= 4 is 49.0 Å². The summed E-state index contributed by atoms with van der Waals surface area (Å²) in [6.07, 6.45) is 0. The van der Waals surface area contributed by atoms with Crippen molar-refractivity contribution in [3.63, 3.8) is 0 Å². The van der Waals surface area contributed by atoms with Crippen molar-refractivity contribution in [2.75, 3.05) is 13.2 Å². The minimum Gasteiger partial charge on any atom is -0.380 e. The van der Waals surface area contributed by atoms with Crippen LogP contribution in [0.1, 0.15) is 22.8 Å². The lowest BCUT2D eigenvalue weighted by atomic mass is 10.2. The predicted octanol–water partition coefficient (Wildman–Crippen LogP) is 4.40. The molecule has 27 heavy (non-hydrogen) atoms. The number of aryl methyl sites for hydroxylation is 1. The van der Waals surface area contributed by atoms with E-state index in [1.54, 1.807) is 11.6 Å². The third kappa shape index (κ3) is 3.58. The van der Waals surface area contributed by atoms with E-state index in [9.17, 15) is 4.79 Å². The van der Waals surface area contributed by atoms with Gasteiger partial charge in [0.05, 0.1) is 32.6 Å². The van der Waals surface area contributed by atoms with Crippen LogP contribution in [0.15, 0.2) is 46.9 Å². The molecular weight excluding hydrogens is 378 g/mol. The van der Waals surface area contributed by atoms with E-state index in [-0.39, 0.29) is 5.91 Å². The number of aromatic nitrogens is 2. The number of ether oxygens (including phenoxy) is 1. The molecular formula is C20H19N3O2S2. The first-order valence-corrected chi connectivity index (χ1v) is 10.5. The second-order valence-corrected chi connectivity index (χ2v) is 8.00. The number of rotatable bonds is 5. The number of amides is 1. The molecule has 0 aliphatic carbocycles. The van der Waals surface area contributed by atoms with Gasteiger partial charge in [0.15, 0.2) is 4.80 Å². The molecule has 0 saturated carbocycles. The molecule has 0 atom stereocenters. The SMILES string of the molecule is CCOCCn1c(=NC(=O)c2ccc3ncsc3c2)sc2cccc(C)c21. The number of hydrogen-bond donors (Lipinski definition) is 0. The van der Waals surface area contributed by atoms with Gasteiger partial charge in [0, 0.05) is 18.7 Å². The highest BCUT2D eigenvalue weighted by Crippen LogP contribution is 2.22. The third-order valence-corrected chi connectivity index (χ3v) is 6.18. The number of hydrogen-bond acceptors (Lipinski definition) is 5. The molecule has 7 heteroatoms. The van der Waals surface area contributed by atoms with E-state index >= 15 is 0 Å². The van der Waals surface area contributed by atoms with Gasteiger partial charge in [0.25, 0.3) is 5.91 Å². The molecule has 2 aromatic heterocycles. The first-order valence-electron chi connectivity index (χ1n) is 8.76. The molecule has 0 aliphatic rings. The molecule has 0 fully saturated rings. The van der Waals surface area contributed by atoms with Gasteiger partial charge in [-0.1, -0.05) is 23.5 Å². The summed E-state index contributed by atoms with van der Waals surface area (Å²) in [5, 5.41) is 0. The Morgan fingerprint density at radius 1 is 1.26 bits per heavy atom. The van der Waals surface area contributed by atoms with E-state index in [1.165, 1.54) is 28.2 Å². The van der Waals surface area contributed by atoms with Gasteiger partial charge in [-0.3, -0.25) is 4.79 Å². The maximum Gasteiger partial charge on any atom is 0.279 e. The summed E-state index contributed by atoms with van der Waals surface area (Å²) < 4.78 is 9.74. The van der Waals surface area contributed by atoms with Crippen molar-refractivity contribution in [2.45, 2.75) is 20.4 Å². The normalized spacial score (nSPS) is 12.3. The number of carbonyl (C=O) groups excluding carboxylic acids is 1. The quantitative estimate of drug-likeness (QED) is 0.469. The topological polar surface area (TPSA) is 56.5 Å². The lowest BCUT2D eigenvalue weighted by molar-refractivity contribution is 0.0997. The van der Waals surface area contributed by atoms with E-state index in [1.807, 2.05) is 25.1 Å². The molecule has 1 amide bonds. The van der Waals surface area contributed by atoms with Crippen LogP contribution in [0.5, 0.6) is 0 Å². The Labute approximate surface area is 164 Å². The van der Waals surface area contributed by atoms with Gasteiger partial charge in [-0.25, -0.2) is 4.98 Å². The van der Waals surface area contributed by atoms with E-state index in [0.717, 1.165) is 20.4 Å². The molecule has 0 radical (unpaired) electrons. The lowest BCUT2D eigenvalue weighted by Crippen LogP contribution is -2.20. The lowest BCUT2D eigenvalue weighted by Gasteiger charge is -2.07. The van der Waals surface area contributed by atoms with Gasteiger partial charge >= 0.3 is 0 Å². The Balaban J connectivity index is 1.79. The van der Waals surface area contributed by atoms with Crippen molar-refractivity contribution in [3.05, 3.63) is 57.8 Å². The Morgan fingerprint density at radius 2 is 2.15 bits per heavy atom. The predicted molar refractivity (Wildman–Crippen MR) is 111 cm³/mol. The highest BCUT2D eigenvalue weighted by Gasteiger charge is 2.12. The minimum atomic E-state index is -0.236. The number of nitrogens with zero attached hydrogens (tertiary/aromatic N) is 3. The maximum atomic E-state index is 12.8. The molecule has 0 N–H and O–H groups in total. The Morgan fingerprint density at radius 3 is 3.00 bits per heavy atom. The van der Waals surface area contributed by atoms with Crippen molar-refractivity contribution in [2.24, 2.45) is 4.99 Å². The van der Waals surface area contributed by atoms with Crippen molar-refractivity contribution in [1.82, 2.24) is 9.55 Å². The largest absolute Gasteiger partial charge is 0.380 e. The molecule has 0 aliphatic heterocycles. The summed E-state index contributed by atoms with van der Waals surface area (Å²) in [4.78, 5) is 22.2. The molecule has 4 rings (SSSR count). The number of thiazole rings is 2. The second kappa shape index (κ2) is 7.72. The molecule has 0 bridgehead atoms. The number of benzene rings is 2. The monoisotopic (exact) mass is 397 g/mol. The van der Waals surface area contributed by atoms with Crippen LogP contribution in [-0.4, -0.2) is 28.7 Å². The summed E-state index contributed by atoms with van der Waals surface area (Å²) >= 11 is 3.06. The van der Waals surface area contributed by atoms with E-state index in [0.29, 0.717) is 30.1 Å². The van der Waals surface area contributed by atoms with Crippen LogP contribution in [-0.2, 0) is 11.3 Å². The first kappa shape index (κ1) is 18.0. The summed E-state index contributed by atoms with van der Waals surface area (Å²) in [7, 11) is 0. The zero-order valence-electron chi connectivity index (χ0n) is 15.1. The maximum absolute atomic E-state index is 12.8. The molecule has 0 unspecified atom stereocenters. The minimum absolute atomic E-state index is 0.236. The molecule has 0 saturated heterocycles. The standard InChI is InChI=1S/C20H19N3O2S2/c1-3-25-10-9-23-18-13(2)5-4-6-16(18)27-20(23)22-19(24)14-7-8-15-17(11-14)26-12-21-15/h4-8,11-12H,3,9-10H2,1-2H3. The molecule has 138 valence electrons. The van der Waals surface area contributed by atoms with Crippen LogP contribution in [0.3, 0.4) is 0 Å². The summed E-state index contributed by atoms with van der Waals surface area (Å²) in [5.74, 6) is -0.236. The number of para-hydroxylation sites is 1. The average Bonchev–Trinajstić information content (AvgIpc) is 3.26. The van der Waals surface area contributed by atoms with Crippen molar-refractivity contribution in [1.29, 1.82) is 0 Å². The van der Waals surface area contributed by atoms with Crippen molar-refractivity contribution in [3.8, 4) is 0 Å². The van der Waals surface area contributed by atoms with Gasteiger partial charge in [-0.05, 0) is 43.7 Å². The van der Waals surface area contributed by atoms with E-state index < -0.39 is 0 Å². The average molecular weight is 398 g/mol. The zero-order chi connectivity index (χ0) is 18.8. The van der Waals surface area contributed by atoms with Crippen molar-refractivity contribution < 1.29 is 9.53 Å². The Kier molecular flexibility index (Phi) is 5.15. The molecule has 5 nitrogen and oxygen atoms in total. The van der Waals surface area contributed by atoms with Crippen LogP contribution in [0.2, 0.25) is 0 Å². The fraction of sp³-hybridized carbons (Fsp3) is 0.250. The zero-order valence-corrected chi connectivity index (χ0v) is 16.8. The number of fused-ring (bicyclic) bond motifs is 2.